The average molecular weight is 225 g/mol. The lowest BCUT2D eigenvalue weighted by molar-refractivity contribution is 0.626. The Morgan fingerprint density at radius 1 is 1.47 bits per heavy atom. The molecule has 1 aliphatic rings. The van der Waals surface area contributed by atoms with E-state index in [9.17, 15) is 4.39 Å². The molecule has 1 saturated heterocycles. The maximum atomic E-state index is 12.9. The summed E-state index contributed by atoms with van der Waals surface area (Å²) < 4.78 is 12.9. The molecule has 1 N–H and O–H groups in total. The van der Waals surface area contributed by atoms with Crippen LogP contribution in [0.25, 0.3) is 0 Å². The van der Waals surface area contributed by atoms with Gasteiger partial charge < -0.3 is 5.32 Å². The Morgan fingerprint density at radius 3 is 3.00 bits per heavy atom. The number of anilines is 1. The van der Waals surface area contributed by atoms with E-state index in [1.807, 2.05) is 24.8 Å². The van der Waals surface area contributed by atoms with Gasteiger partial charge in [0.1, 0.15) is 5.82 Å². The van der Waals surface area contributed by atoms with Crippen LogP contribution in [-0.2, 0) is 0 Å². The van der Waals surface area contributed by atoms with E-state index in [4.69, 9.17) is 0 Å². The third kappa shape index (κ3) is 2.88. The summed E-state index contributed by atoms with van der Waals surface area (Å²) in [5, 5.41) is 3.49. The molecule has 0 unspecified atom stereocenters. The van der Waals surface area contributed by atoms with Gasteiger partial charge in [-0.05, 0) is 49.3 Å². The van der Waals surface area contributed by atoms with Crippen molar-refractivity contribution in [1.29, 1.82) is 0 Å². The summed E-state index contributed by atoms with van der Waals surface area (Å²) in [6.45, 7) is 1.95. The van der Waals surface area contributed by atoms with Crippen LogP contribution in [0, 0.1) is 12.7 Å². The van der Waals surface area contributed by atoms with Crippen molar-refractivity contribution in [2.24, 2.45) is 0 Å². The lowest BCUT2D eigenvalue weighted by Crippen LogP contribution is -2.26. The second-order valence-corrected chi connectivity index (χ2v) is 5.17. The van der Waals surface area contributed by atoms with Gasteiger partial charge in [0.15, 0.2) is 0 Å². The molecule has 0 saturated carbocycles. The lowest BCUT2D eigenvalue weighted by Gasteiger charge is -2.24. The molecule has 1 heterocycles. The van der Waals surface area contributed by atoms with Gasteiger partial charge >= 0.3 is 0 Å². The van der Waals surface area contributed by atoms with Gasteiger partial charge in [-0.25, -0.2) is 4.39 Å². The molecule has 1 nitrogen and oxygen atoms in total. The molecule has 0 spiro atoms. The smallest absolute Gasteiger partial charge is 0.123 e. The number of hydrogen-bond donors (Lipinski definition) is 1. The third-order valence-corrected chi connectivity index (χ3v) is 3.92. The number of hydrogen-bond acceptors (Lipinski definition) is 2. The topological polar surface area (TPSA) is 12.0 Å². The van der Waals surface area contributed by atoms with Gasteiger partial charge in [-0.2, -0.15) is 11.8 Å². The van der Waals surface area contributed by atoms with Crippen LogP contribution in [0.15, 0.2) is 18.2 Å². The Hall–Kier alpha value is -0.700. The van der Waals surface area contributed by atoms with E-state index in [0.29, 0.717) is 6.04 Å². The number of aryl methyl sites for hydroxylation is 1. The van der Waals surface area contributed by atoms with E-state index < -0.39 is 0 Å². The van der Waals surface area contributed by atoms with Crippen LogP contribution in [0.2, 0.25) is 0 Å². The van der Waals surface area contributed by atoms with Crippen molar-refractivity contribution in [2.45, 2.75) is 25.8 Å². The Morgan fingerprint density at radius 2 is 2.33 bits per heavy atom. The van der Waals surface area contributed by atoms with Gasteiger partial charge in [0.2, 0.25) is 0 Å². The van der Waals surface area contributed by atoms with Crippen molar-refractivity contribution < 1.29 is 4.39 Å². The van der Waals surface area contributed by atoms with Gasteiger partial charge in [-0.1, -0.05) is 0 Å². The summed E-state index contributed by atoms with van der Waals surface area (Å²) in [4.78, 5) is 0. The minimum absolute atomic E-state index is 0.156. The summed E-state index contributed by atoms with van der Waals surface area (Å²) >= 11 is 1.99. The Kier molecular flexibility index (Phi) is 3.52. The molecule has 1 aromatic carbocycles. The number of benzene rings is 1. The highest BCUT2D eigenvalue weighted by molar-refractivity contribution is 7.99. The lowest BCUT2D eigenvalue weighted by atomic mass is 10.1. The molecule has 82 valence electrons. The predicted octanol–water partition coefficient (Wildman–Crippen LogP) is 3.44. The molecule has 1 atom stereocenters. The SMILES string of the molecule is Cc1cc(F)ccc1N[C@H]1CCCSC1. The van der Waals surface area contributed by atoms with Crippen LogP contribution in [0.5, 0.6) is 0 Å². The first-order valence-corrected chi connectivity index (χ1v) is 6.51. The van der Waals surface area contributed by atoms with Crippen LogP contribution in [-0.4, -0.2) is 17.5 Å². The zero-order valence-corrected chi connectivity index (χ0v) is 9.74. The van der Waals surface area contributed by atoms with Crippen LogP contribution in [0.1, 0.15) is 18.4 Å². The van der Waals surface area contributed by atoms with Crippen molar-refractivity contribution in [3.63, 3.8) is 0 Å². The summed E-state index contributed by atoms with van der Waals surface area (Å²) in [6, 6.07) is 5.49. The van der Waals surface area contributed by atoms with E-state index in [2.05, 4.69) is 5.32 Å². The van der Waals surface area contributed by atoms with Gasteiger partial charge in [-0.3, -0.25) is 0 Å². The van der Waals surface area contributed by atoms with Crippen molar-refractivity contribution in [3.05, 3.63) is 29.6 Å². The van der Waals surface area contributed by atoms with Gasteiger partial charge in [0.25, 0.3) is 0 Å². The second kappa shape index (κ2) is 4.88. The van der Waals surface area contributed by atoms with E-state index >= 15 is 0 Å². The molecular weight excluding hydrogens is 209 g/mol. The van der Waals surface area contributed by atoms with Gasteiger partial charge in [0, 0.05) is 17.5 Å². The summed E-state index contributed by atoms with van der Waals surface area (Å²) in [5.74, 6) is 2.29. The van der Waals surface area contributed by atoms with Crippen molar-refractivity contribution in [2.75, 3.05) is 16.8 Å². The summed E-state index contributed by atoms with van der Waals surface area (Å²) in [7, 11) is 0. The highest BCUT2D eigenvalue weighted by Gasteiger charge is 2.13. The van der Waals surface area contributed by atoms with Crippen LogP contribution in [0.3, 0.4) is 0 Å². The maximum Gasteiger partial charge on any atom is 0.123 e. The third-order valence-electron chi connectivity index (χ3n) is 2.71. The first-order chi connectivity index (χ1) is 7.25. The molecule has 0 bridgehead atoms. The molecule has 15 heavy (non-hydrogen) atoms. The fourth-order valence-corrected chi connectivity index (χ4v) is 2.94. The Labute approximate surface area is 94.5 Å². The molecule has 0 amide bonds. The minimum Gasteiger partial charge on any atom is -0.381 e. The Balaban J connectivity index is 2.03. The van der Waals surface area contributed by atoms with Crippen molar-refractivity contribution >= 4 is 17.4 Å². The normalized spacial score (nSPS) is 21.3. The Bertz CT molecular complexity index is 334. The minimum atomic E-state index is -0.156. The molecule has 1 aromatic rings. The van der Waals surface area contributed by atoms with Gasteiger partial charge in [-0.15, -0.1) is 0 Å². The molecule has 0 aromatic heterocycles. The highest BCUT2D eigenvalue weighted by atomic mass is 32.2. The van der Waals surface area contributed by atoms with E-state index in [0.717, 1.165) is 17.0 Å². The summed E-state index contributed by atoms with van der Waals surface area (Å²) in [6.07, 6.45) is 2.51. The summed E-state index contributed by atoms with van der Waals surface area (Å²) in [5.41, 5.74) is 2.06. The number of rotatable bonds is 2. The fraction of sp³-hybridized carbons (Fsp3) is 0.500. The van der Waals surface area contributed by atoms with Crippen LogP contribution < -0.4 is 5.32 Å². The van der Waals surface area contributed by atoms with Crippen LogP contribution >= 0.6 is 11.8 Å². The molecule has 2 rings (SSSR count). The first-order valence-electron chi connectivity index (χ1n) is 5.36. The molecular formula is C12H16FNS. The molecule has 0 radical (unpaired) electrons. The van der Waals surface area contributed by atoms with Crippen molar-refractivity contribution in [1.82, 2.24) is 0 Å². The standard InChI is InChI=1S/C12H16FNS/c1-9-7-10(13)4-5-12(9)14-11-3-2-6-15-8-11/h4-5,7,11,14H,2-3,6,8H2,1H3/t11-/m0/s1. The average Bonchev–Trinajstić information content (AvgIpc) is 2.24. The zero-order chi connectivity index (χ0) is 10.7. The fourth-order valence-electron chi connectivity index (χ4n) is 1.86. The zero-order valence-electron chi connectivity index (χ0n) is 8.92. The highest BCUT2D eigenvalue weighted by Crippen LogP contribution is 2.23. The molecule has 3 heteroatoms. The monoisotopic (exact) mass is 225 g/mol. The number of halogens is 1. The van der Waals surface area contributed by atoms with Crippen molar-refractivity contribution in [3.8, 4) is 0 Å². The largest absolute Gasteiger partial charge is 0.381 e. The first kappa shape index (κ1) is 10.8. The maximum absolute atomic E-state index is 12.9. The quantitative estimate of drug-likeness (QED) is 0.827. The van der Waals surface area contributed by atoms with Gasteiger partial charge in [0.05, 0.1) is 0 Å². The molecule has 1 fully saturated rings. The predicted molar refractivity (Wildman–Crippen MR) is 65.1 cm³/mol. The number of thioether (sulfide) groups is 1. The molecule has 0 aliphatic carbocycles. The van der Waals surface area contributed by atoms with E-state index in [1.54, 1.807) is 6.07 Å². The van der Waals surface area contributed by atoms with E-state index in [1.165, 1.54) is 24.7 Å². The van der Waals surface area contributed by atoms with E-state index in [-0.39, 0.29) is 5.82 Å². The second-order valence-electron chi connectivity index (χ2n) is 4.02. The number of nitrogens with one attached hydrogen (secondary N) is 1. The van der Waals surface area contributed by atoms with Crippen LogP contribution in [0.4, 0.5) is 10.1 Å². The molecule has 1 aliphatic heterocycles.